The predicted octanol–water partition coefficient (Wildman–Crippen LogP) is 4.88. The highest BCUT2D eigenvalue weighted by Crippen LogP contribution is 2.30. The third kappa shape index (κ3) is 3.47. The van der Waals surface area contributed by atoms with Gasteiger partial charge in [-0.15, -0.1) is 0 Å². The monoisotopic (exact) mass is 307 g/mol. The highest BCUT2D eigenvalue weighted by atomic mass is 19.4. The average molecular weight is 307 g/mol. The molecule has 0 fully saturated rings. The Kier molecular flexibility index (Phi) is 4.26. The molecule has 0 radical (unpaired) electrons. The summed E-state index contributed by atoms with van der Waals surface area (Å²) in [5.41, 5.74) is 2.44. The molecule has 2 aromatic rings. The van der Waals surface area contributed by atoms with Gasteiger partial charge in [0.05, 0.1) is 5.56 Å². The van der Waals surface area contributed by atoms with Crippen LogP contribution in [0.5, 0.6) is 0 Å². The first kappa shape index (κ1) is 16.1. The van der Waals surface area contributed by atoms with E-state index in [1.807, 2.05) is 19.1 Å². The van der Waals surface area contributed by atoms with Crippen molar-refractivity contribution in [3.05, 3.63) is 64.2 Å². The molecule has 5 heteroatoms. The number of benzene rings is 2. The van der Waals surface area contributed by atoms with E-state index in [4.69, 9.17) is 0 Å². The first-order valence-electron chi connectivity index (χ1n) is 6.75. The molecular formula is C17H16F3NO. The van der Waals surface area contributed by atoms with E-state index in [-0.39, 0.29) is 5.69 Å². The van der Waals surface area contributed by atoms with E-state index in [0.717, 1.165) is 28.8 Å². The summed E-state index contributed by atoms with van der Waals surface area (Å²) in [7, 11) is 0. The second-order valence-corrected chi connectivity index (χ2v) is 5.31. The standard InChI is InChI=1S/C17H16F3NO/c1-10-7-11(2)15(12(3)8-10)16(22)21-14-6-4-5-13(9-14)17(18,19)20/h4-9H,1-3H3,(H,21,22). The molecule has 2 rings (SSSR count). The maximum atomic E-state index is 12.7. The summed E-state index contributed by atoms with van der Waals surface area (Å²) in [6.07, 6.45) is -4.43. The molecule has 22 heavy (non-hydrogen) atoms. The summed E-state index contributed by atoms with van der Waals surface area (Å²) in [5, 5.41) is 2.53. The van der Waals surface area contributed by atoms with Gasteiger partial charge in [0.25, 0.3) is 5.91 Å². The number of carbonyl (C=O) groups excluding carboxylic acids is 1. The Bertz CT molecular complexity index is 697. The number of alkyl halides is 3. The molecule has 2 aromatic carbocycles. The minimum absolute atomic E-state index is 0.124. The van der Waals surface area contributed by atoms with Gasteiger partial charge >= 0.3 is 6.18 Å². The first-order chi connectivity index (χ1) is 10.2. The summed E-state index contributed by atoms with van der Waals surface area (Å²) in [4.78, 5) is 12.3. The number of anilines is 1. The maximum Gasteiger partial charge on any atom is 0.416 e. The molecule has 0 spiro atoms. The number of halogens is 3. The summed E-state index contributed by atoms with van der Waals surface area (Å²) < 4.78 is 38.1. The molecule has 0 aliphatic rings. The third-order valence-electron chi connectivity index (χ3n) is 3.35. The maximum absolute atomic E-state index is 12.7. The van der Waals surface area contributed by atoms with Gasteiger partial charge in [0.15, 0.2) is 0 Å². The topological polar surface area (TPSA) is 29.1 Å². The van der Waals surface area contributed by atoms with Gasteiger partial charge in [-0.1, -0.05) is 23.8 Å². The van der Waals surface area contributed by atoms with Crippen LogP contribution in [0.2, 0.25) is 0 Å². The van der Waals surface area contributed by atoms with E-state index in [1.165, 1.54) is 12.1 Å². The van der Waals surface area contributed by atoms with Gasteiger partial charge < -0.3 is 5.32 Å². The zero-order chi connectivity index (χ0) is 16.5. The smallest absolute Gasteiger partial charge is 0.322 e. The molecule has 0 unspecified atom stereocenters. The number of rotatable bonds is 2. The minimum Gasteiger partial charge on any atom is -0.322 e. The minimum atomic E-state index is -4.43. The molecule has 0 saturated carbocycles. The van der Waals surface area contributed by atoms with Crippen LogP contribution in [0.3, 0.4) is 0 Å². The fourth-order valence-corrected chi connectivity index (χ4v) is 2.51. The quantitative estimate of drug-likeness (QED) is 0.841. The fraction of sp³-hybridized carbons (Fsp3) is 0.235. The van der Waals surface area contributed by atoms with Crippen molar-refractivity contribution in [2.45, 2.75) is 26.9 Å². The lowest BCUT2D eigenvalue weighted by atomic mass is 9.99. The van der Waals surface area contributed by atoms with E-state index in [0.29, 0.717) is 5.56 Å². The lowest BCUT2D eigenvalue weighted by Crippen LogP contribution is -2.16. The van der Waals surface area contributed by atoms with Crippen molar-refractivity contribution in [1.82, 2.24) is 0 Å². The van der Waals surface area contributed by atoms with Crippen LogP contribution in [0, 0.1) is 20.8 Å². The van der Waals surface area contributed by atoms with Crippen LogP contribution in [0.1, 0.15) is 32.6 Å². The lowest BCUT2D eigenvalue weighted by Gasteiger charge is -2.13. The Morgan fingerprint density at radius 2 is 1.59 bits per heavy atom. The van der Waals surface area contributed by atoms with Crippen LogP contribution in [0.15, 0.2) is 36.4 Å². The van der Waals surface area contributed by atoms with Gasteiger partial charge in [-0.05, 0) is 50.1 Å². The zero-order valence-corrected chi connectivity index (χ0v) is 12.5. The molecule has 0 aliphatic carbocycles. The zero-order valence-electron chi connectivity index (χ0n) is 12.5. The van der Waals surface area contributed by atoms with Crippen LogP contribution in [0.25, 0.3) is 0 Å². The Morgan fingerprint density at radius 3 is 2.14 bits per heavy atom. The second kappa shape index (κ2) is 5.83. The van der Waals surface area contributed by atoms with Crippen molar-refractivity contribution in [1.29, 1.82) is 0 Å². The van der Waals surface area contributed by atoms with E-state index in [1.54, 1.807) is 13.8 Å². The molecule has 0 aliphatic heterocycles. The van der Waals surface area contributed by atoms with Crippen molar-refractivity contribution in [3.63, 3.8) is 0 Å². The van der Waals surface area contributed by atoms with E-state index >= 15 is 0 Å². The number of hydrogen-bond donors (Lipinski definition) is 1. The van der Waals surface area contributed by atoms with Crippen LogP contribution in [0.4, 0.5) is 18.9 Å². The van der Waals surface area contributed by atoms with E-state index in [2.05, 4.69) is 5.32 Å². The number of nitrogens with one attached hydrogen (secondary N) is 1. The second-order valence-electron chi connectivity index (χ2n) is 5.31. The number of aryl methyl sites for hydroxylation is 3. The van der Waals surface area contributed by atoms with Gasteiger partial charge in [0, 0.05) is 11.3 Å². The van der Waals surface area contributed by atoms with Gasteiger partial charge in [-0.3, -0.25) is 4.79 Å². The SMILES string of the molecule is Cc1cc(C)c(C(=O)Nc2cccc(C(F)(F)F)c2)c(C)c1. The van der Waals surface area contributed by atoms with Gasteiger partial charge in [-0.25, -0.2) is 0 Å². The van der Waals surface area contributed by atoms with Crippen LogP contribution >= 0.6 is 0 Å². The molecule has 1 amide bonds. The van der Waals surface area contributed by atoms with Gasteiger partial charge in [0.2, 0.25) is 0 Å². The molecule has 2 nitrogen and oxygen atoms in total. The number of amides is 1. The molecule has 0 aromatic heterocycles. The summed E-state index contributed by atoms with van der Waals surface area (Å²) >= 11 is 0. The Morgan fingerprint density at radius 1 is 1.00 bits per heavy atom. The first-order valence-corrected chi connectivity index (χ1v) is 6.75. The highest BCUT2D eigenvalue weighted by Gasteiger charge is 2.30. The predicted molar refractivity (Wildman–Crippen MR) is 80.1 cm³/mol. The Hall–Kier alpha value is -2.30. The summed E-state index contributed by atoms with van der Waals surface area (Å²) in [6, 6.07) is 8.34. The molecule has 0 bridgehead atoms. The van der Waals surface area contributed by atoms with Gasteiger partial charge in [-0.2, -0.15) is 13.2 Å². The Labute approximate surface area is 127 Å². The molecule has 1 N–H and O–H groups in total. The van der Waals surface area contributed by atoms with Crippen LogP contribution < -0.4 is 5.32 Å². The van der Waals surface area contributed by atoms with Gasteiger partial charge in [0.1, 0.15) is 0 Å². The van der Waals surface area contributed by atoms with Crippen molar-refractivity contribution in [2.75, 3.05) is 5.32 Å². The van der Waals surface area contributed by atoms with E-state index < -0.39 is 17.6 Å². The number of carbonyl (C=O) groups is 1. The fourth-order valence-electron chi connectivity index (χ4n) is 2.51. The summed E-state index contributed by atoms with van der Waals surface area (Å²) in [6.45, 7) is 5.54. The van der Waals surface area contributed by atoms with Crippen molar-refractivity contribution in [3.8, 4) is 0 Å². The molecule has 0 atom stereocenters. The molecule has 0 heterocycles. The lowest BCUT2D eigenvalue weighted by molar-refractivity contribution is -0.137. The average Bonchev–Trinajstić information content (AvgIpc) is 2.36. The van der Waals surface area contributed by atoms with Crippen molar-refractivity contribution >= 4 is 11.6 Å². The van der Waals surface area contributed by atoms with Crippen LogP contribution in [-0.2, 0) is 6.18 Å². The Balaban J connectivity index is 2.30. The third-order valence-corrected chi connectivity index (χ3v) is 3.35. The largest absolute Gasteiger partial charge is 0.416 e. The van der Waals surface area contributed by atoms with Crippen molar-refractivity contribution in [2.24, 2.45) is 0 Å². The van der Waals surface area contributed by atoms with Crippen molar-refractivity contribution < 1.29 is 18.0 Å². The van der Waals surface area contributed by atoms with Crippen LogP contribution in [-0.4, -0.2) is 5.91 Å². The summed E-state index contributed by atoms with van der Waals surface area (Å²) in [5.74, 6) is -0.408. The normalized spacial score (nSPS) is 11.4. The molecule has 116 valence electrons. The molecular weight excluding hydrogens is 291 g/mol. The number of hydrogen-bond acceptors (Lipinski definition) is 1. The molecule has 0 saturated heterocycles. The van der Waals surface area contributed by atoms with E-state index in [9.17, 15) is 18.0 Å². The highest BCUT2D eigenvalue weighted by molar-refractivity contribution is 6.06.